The topological polar surface area (TPSA) is 44.2 Å². The standard InChI is InChI=1S/C15H13ClN2O2S/c1-3-11-8-12-13(17-15(16)18-14(12)21-11)20-10-6-4-5-9(7-10)19-2/h4-8H,3H2,1-2H3. The van der Waals surface area contributed by atoms with Crippen molar-refractivity contribution in [3.63, 3.8) is 0 Å². The molecule has 0 atom stereocenters. The Balaban J connectivity index is 2.04. The number of benzene rings is 1. The van der Waals surface area contributed by atoms with Crippen LogP contribution in [0.5, 0.6) is 17.4 Å². The Labute approximate surface area is 131 Å². The summed E-state index contributed by atoms with van der Waals surface area (Å²) in [5, 5.41) is 1.06. The van der Waals surface area contributed by atoms with Gasteiger partial charge >= 0.3 is 0 Å². The lowest BCUT2D eigenvalue weighted by Gasteiger charge is -2.07. The van der Waals surface area contributed by atoms with Gasteiger partial charge in [0.15, 0.2) is 0 Å². The van der Waals surface area contributed by atoms with E-state index in [1.165, 1.54) is 4.88 Å². The third kappa shape index (κ3) is 2.94. The number of halogens is 1. The van der Waals surface area contributed by atoms with Gasteiger partial charge in [-0.2, -0.15) is 4.98 Å². The fraction of sp³-hybridized carbons (Fsp3) is 0.200. The Kier molecular flexibility index (Phi) is 3.94. The molecule has 0 spiro atoms. The molecule has 0 aliphatic rings. The third-order valence-electron chi connectivity index (χ3n) is 2.99. The van der Waals surface area contributed by atoms with Gasteiger partial charge in [0.05, 0.1) is 12.5 Å². The smallest absolute Gasteiger partial charge is 0.232 e. The van der Waals surface area contributed by atoms with E-state index in [9.17, 15) is 0 Å². The average molecular weight is 321 g/mol. The van der Waals surface area contributed by atoms with Crippen molar-refractivity contribution in [2.75, 3.05) is 7.11 Å². The molecule has 0 saturated carbocycles. The van der Waals surface area contributed by atoms with Crippen molar-refractivity contribution in [2.45, 2.75) is 13.3 Å². The zero-order chi connectivity index (χ0) is 14.8. The van der Waals surface area contributed by atoms with E-state index in [1.807, 2.05) is 24.3 Å². The van der Waals surface area contributed by atoms with E-state index in [0.717, 1.165) is 22.4 Å². The summed E-state index contributed by atoms with van der Waals surface area (Å²) in [7, 11) is 1.62. The molecule has 4 nitrogen and oxygen atoms in total. The first-order chi connectivity index (χ1) is 10.2. The molecular formula is C15H13ClN2O2S. The number of hydrogen-bond acceptors (Lipinski definition) is 5. The van der Waals surface area contributed by atoms with Gasteiger partial charge in [0.25, 0.3) is 0 Å². The van der Waals surface area contributed by atoms with Crippen molar-refractivity contribution in [2.24, 2.45) is 0 Å². The maximum Gasteiger partial charge on any atom is 0.232 e. The molecule has 0 saturated heterocycles. The van der Waals surface area contributed by atoms with Crippen LogP contribution in [0.25, 0.3) is 10.2 Å². The molecule has 0 amide bonds. The Morgan fingerprint density at radius 2 is 2.00 bits per heavy atom. The van der Waals surface area contributed by atoms with Gasteiger partial charge in [-0.15, -0.1) is 11.3 Å². The van der Waals surface area contributed by atoms with Crippen LogP contribution in [0.3, 0.4) is 0 Å². The molecule has 0 aliphatic carbocycles. The number of aromatic nitrogens is 2. The van der Waals surface area contributed by atoms with Crippen LogP contribution >= 0.6 is 22.9 Å². The minimum atomic E-state index is 0.185. The number of aryl methyl sites for hydroxylation is 1. The number of fused-ring (bicyclic) bond motifs is 1. The van der Waals surface area contributed by atoms with Crippen molar-refractivity contribution in [3.05, 3.63) is 40.5 Å². The number of thiophene rings is 1. The number of nitrogens with zero attached hydrogens (tertiary/aromatic N) is 2. The Bertz CT molecular complexity index is 788. The number of methoxy groups -OCH3 is 1. The van der Waals surface area contributed by atoms with Crippen molar-refractivity contribution in [3.8, 4) is 17.4 Å². The SMILES string of the molecule is CCc1cc2c(Oc3cccc(OC)c3)nc(Cl)nc2s1. The zero-order valence-electron chi connectivity index (χ0n) is 11.6. The highest BCUT2D eigenvalue weighted by Gasteiger charge is 2.12. The highest BCUT2D eigenvalue weighted by atomic mass is 35.5. The summed E-state index contributed by atoms with van der Waals surface area (Å²) < 4.78 is 11.1. The molecule has 0 radical (unpaired) electrons. The van der Waals surface area contributed by atoms with Crippen molar-refractivity contribution in [1.29, 1.82) is 0 Å². The van der Waals surface area contributed by atoms with E-state index in [4.69, 9.17) is 21.1 Å². The fourth-order valence-electron chi connectivity index (χ4n) is 1.95. The minimum Gasteiger partial charge on any atom is -0.497 e. The van der Waals surface area contributed by atoms with Crippen molar-refractivity contribution >= 4 is 33.2 Å². The molecular weight excluding hydrogens is 308 g/mol. The first-order valence-electron chi connectivity index (χ1n) is 6.47. The fourth-order valence-corrected chi connectivity index (χ4v) is 3.12. The highest BCUT2D eigenvalue weighted by Crippen LogP contribution is 2.34. The summed E-state index contributed by atoms with van der Waals surface area (Å²) in [6, 6.07) is 9.41. The predicted octanol–water partition coefficient (Wildman–Crippen LogP) is 4.71. The molecule has 2 aromatic heterocycles. The van der Waals surface area contributed by atoms with Gasteiger partial charge in [-0.3, -0.25) is 0 Å². The first kappa shape index (κ1) is 14.1. The average Bonchev–Trinajstić information content (AvgIpc) is 2.90. The molecule has 0 unspecified atom stereocenters. The van der Waals surface area contributed by atoms with Crippen LogP contribution in [0, 0.1) is 0 Å². The summed E-state index contributed by atoms with van der Waals surface area (Å²) >= 11 is 7.58. The summed E-state index contributed by atoms with van der Waals surface area (Å²) in [5.74, 6) is 1.84. The number of rotatable bonds is 4. The number of ether oxygens (including phenoxy) is 2. The van der Waals surface area contributed by atoms with Crippen molar-refractivity contribution < 1.29 is 9.47 Å². The molecule has 6 heteroatoms. The van der Waals surface area contributed by atoms with Gasteiger partial charge in [-0.25, -0.2) is 4.98 Å². The van der Waals surface area contributed by atoms with Crippen LogP contribution in [-0.2, 0) is 6.42 Å². The maximum atomic E-state index is 5.98. The van der Waals surface area contributed by atoms with Gasteiger partial charge in [0.2, 0.25) is 11.2 Å². The van der Waals surface area contributed by atoms with Crippen LogP contribution in [-0.4, -0.2) is 17.1 Å². The van der Waals surface area contributed by atoms with E-state index < -0.39 is 0 Å². The first-order valence-corrected chi connectivity index (χ1v) is 7.67. The van der Waals surface area contributed by atoms with Gasteiger partial charge in [-0.1, -0.05) is 13.0 Å². The normalized spacial score (nSPS) is 10.8. The molecule has 21 heavy (non-hydrogen) atoms. The predicted molar refractivity (Wildman–Crippen MR) is 84.9 cm³/mol. The molecule has 2 heterocycles. The van der Waals surface area contributed by atoms with Crippen LogP contribution in [0.2, 0.25) is 5.28 Å². The second-order valence-electron chi connectivity index (χ2n) is 4.36. The lowest BCUT2D eigenvalue weighted by atomic mass is 10.3. The Hall–Kier alpha value is -1.85. The molecule has 0 fully saturated rings. The van der Waals surface area contributed by atoms with E-state index in [1.54, 1.807) is 24.5 Å². The second kappa shape index (κ2) is 5.87. The van der Waals surface area contributed by atoms with Gasteiger partial charge in [0.1, 0.15) is 16.3 Å². The van der Waals surface area contributed by atoms with Gasteiger partial charge in [0, 0.05) is 10.9 Å². The van der Waals surface area contributed by atoms with E-state index in [2.05, 4.69) is 16.9 Å². The second-order valence-corrected chi connectivity index (χ2v) is 5.82. The molecule has 0 N–H and O–H groups in total. The van der Waals surface area contributed by atoms with Gasteiger partial charge < -0.3 is 9.47 Å². The summed E-state index contributed by atoms with van der Waals surface area (Å²) in [5.41, 5.74) is 0. The van der Waals surface area contributed by atoms with Gasteiger partial charge in [-0.05, 0) is 36.2 Å². The van der Waals surface area contributed by atoms with E-state index in [0.29, 0.717) is 11.6 Å². The molecule has 0 aliphatic heterocycles. The Morgan fingerprint density at radius 3 is 2.76 bits per heavy atom. The lowest BCUT2D eigenvalue weighted by Crippen LogP contribution is -1.91. The largest absolute Gasteiger partial charge is 0.497 e. The highest BCUT2D eigenvalue weighted by molar-refractivity contribution is 7.18. The molecule has 108 valence electrons. The quantitative estimate of drug-likeness (QED) is 0.653. The maximum absolute atomic E-state index is 5.98. The van der Waals surface area contributed by atoms with Crippen LogP contribution in [0.4, 0.5) is 0 Å². The van der Waals surface area contributed by atoms with E-state index in [-0.39, 0.29) is 5.28 Å². The van der Waals surface area contributed by atoms with Crippen LogP contribution in [0.1, 0.15) is 11.8 Å². The third-order valence-corrected chi connectivity index (χ3v) is 4.33. The lowest BCUT2D eigenvalue weighted by molar-refractivity contribution is 0.408. The van der Waals surface area contributed by atoms with Crippen LogP contribution in [0.15, 0.2) is 30.3 Å². The number of hydrogen-bond donors (Lipinski definition) is 0. The summed E-state index contributed by atoms with van der Waals surface area (Å²) in [6.45, 7) is 2.10. The van der Waals surface area contributed by atoms with E-state index >= 15 is 0 Å². The monoisotopic (exact) mass is 320 g/mol. The molecule has 3 aromatic rings. The minimum absolute atomic E-state index is 0.185. The molecule has 1 aromatic carbocycles. The van der Waals surface area contributed by atoms with Crippen LogP contribution < -0.4 is 9.47 Å². The zero-order valence-corrected chi connectivity index (χ0v) is 13.2. The molecule has 0 bridgehead atoms. The summed E-state index contributed by atoms with van der Waals surface area (Å²) in [6.07, 6.45) is 0.942. The molecule has 3 rings (SSSR count). The Morgan fingerprint density at radius 1 is 1.19 bits per heavy atom. The summed E-state index contributed by atoms with van der Waals surface area (Å²) in [4.78, 5) is 10.5. The van der Waals surface area contributed by atoms with Crippen molar-refractivity contribution in [1.82, 2.24) is 9.97 Å².